The van der Waals surface area contributed by atoms with E-state index in [0.29, 0.717) is 17.7 Å². The maximum atomic E-state index is 11.9. The first-order valence-corrected chi connectivity index (χ1v) is 6.97. The molecule has 0 spiro atoms. The number of Topliss-reactive ketones (excluding diaryl/α,β-unsaturated/α-hetero) is 1. The second-order valence-electron chi connectivity index (χ2n) is 4.28. The van der Waals surface area contributed by atoms with Crippen LogP contribution >= 0.6 is 15.9 Å². The molecule has 3 heteroatoms. The first-order chi connectivity index (χ1) is 9.11. The highest BCUT2D eigenvalue weighted by molar-refractivity contribution is 9.10. The summed E-state index contributed by atoms with van der Waals surface area (Å²) in [5.41, 5.74) is 1.65. The zero-order valence-electron chi connectivity index (χ0n) is 10.9. The van der Waals surface area contributed by atoms with Gasteiger partial charge in [0.05, 0.1) is 5.56 Å². The molecular formula is C16H15BrO2. The van der Waals surface area contributed by atoms with Crippen LogP contribution in [0.25, 0.3) is 0 Å². The number of carbonyl (C=O) groups excluding carboxylic acids is 1. The standard InChI is InChI=1S/C16H15BrO2/c1-3-14(18)13-6-4-5-7-16(13)19-15-9-8-12(17)10-11(15)2/h4-10H,3H2,1-2H3. The van der Waals surface area contributed by atoms with Crippen molar-refractivity contribution in [3.05, 3.63) is 58.1 Å². The number of rotatable bonds is 4. The van der Waals surface area contributed by atoms with Crippen molar-refractivity contribution in [1.82, 2.24) is 0 Å². The fraction of sp³-hybridized carbons (Fsp3) is 0.188. The van der Waals surface area contributed by atoms with Crippen molar-refractivity contribution >= 4 is 21.7 Å². The summed E-state index contributed by atoms with van der Waals surface area (Å²) in [6.45, 7) is 3.83. The van der Waals surface area contributed by atoms with E-state index >= 15 is 0 Å². The topological polar surface area (TPSA) is 26.3 Å². The molecule has 0 fully saturated rings. The minimum atomic E-state index is 0.0883. The Balaban J connectivity index is 2.35. The lowest BCUT2D eigenvalue weighted by Crippen LogP contribution is -2.00. The van der Waals surface area contributed by atoms with Gasteiger partial charge in [-0.15, -0.1) is 0 Å². The van der Waals surface area contributed by atoms with Crippen LogP contribution < -0.4 is 4.74 Å². The number of ketones is 1. The van der Waals surface area contributed by atoms with E-state index in [9.17, 15) is 4.79 Å². The average molecular weight is 319 g/mol. The summed E-state index contributed by atoms with van der Waals surface area (Å²) in [7, 11) is 0. The highest BCUT2D eigenvalue weighted by atomic mass is 79.9. The molecule has 0 atom stereocenters. The van der Waals surface area contributed by atoms with Gasteiger partial charge in [-0.3, -0.25) is 4.79 Å². The van der Waals surface area contributed by atoms with E-state index in [2.05, 4.69) is 15.9 Å². The minimum absolute atomic E-state index is 0.0883. The zero-order chi connectivity index (χ0) is 13.8. The Morgan fingerprint density at radius 3 is 2.58 bits per heavy atom. The summed E-state index contributed by atoms with van der Waals surface area (Å²) in [5.74, 6) is 1.46. The van der Waals surface area contributed by atoms with Crippen LogP contribution in [0.2, 0.25) is 0 Å². The number of hydrogen-bond donors (Lipinski definition) is 0. The first-order valence-electron chi connectivity index (χ1n) is 6.18. The van der Waals surface area contributed by atoms with Crippen molar-refractivity contribution in [1.29, 1.82) is 0 Å². The average Bonchev–Trinajstić information content (AvgIpc) is 2.41. The first kappa shape index (κ1) is 13.8. The number of ether oxygens (including phenoxy) is 1. The van der Waals surface area contributed by atoms with Crippen molar-refractivity contribution in [2.24, 2.45) is 0 Å². The van der Waals surface area contributed by atoms with Crippen LogP contribution in [0.4, 0.5) is 0 Å². The molecule has 0 saturated heterocycles. The molecule has 0 amide bonds. The molecule has 98 valence electrons. The molecule has 0 aromatic heterocycles. The minimum Gasteiger partial charge on any atom is -0.456 e. The fourth-order valence-corrected chi connectivity index (χ4v) is 2.30. The van der Waals surface area contributed by atoms with Crippen molar-refractivity contribution in [2.75, 3.05) is 0 Å². The van der Waals surface area contributed by atoms with E-state index in [1.54, 1.807) is 6.07 Å². The Hall–Kier alpha value is -1.61. The van der Waals surface area contributed by atoms with Crippen LogP contribution in [0.15, 0.2) is 46.9 Å². The summed E-state index contributed by atoms with van der Waals surface area (Å²) in [4.78, 5) is 11.9. The predicted octanol–water partition coefficient (Wildman–Crippen LogP) is 5.14. The largest absolute Gasteiger partial charge is 0.456 e. The number of carbonyl (C=O) groups is 1. The normalized spacial score (nSPS) is 10.3. The van der Waals surface area contributed by atoms with Gasteiger partial charge in [0.15, 0.2) is 5.78 Å². The molecule has 0 saturated carbocycles. The third-order valence-corrected chi connectivity index (χ3v) is 3.36. The van der Waals surface area contributed by atoms with Gasteiger partial charge in [0.1, 0.15) is 11.5 Å². The van der Waals surface area contributed by atoms with E-state index in [4.69, 9.17) is 4.74 Å². The molecule has 0 N–H and O–H groups in total. The molecular weight excluding hydrogens is 304 g/mol. The summed E-state index contributed by atoms with van der Waals surface area (Å²) in [5, 5.41) is 0. The van der Waals surface area contributed by atoms with E-state index in [-0.39, 0.29) is 5.78 Å². The van der Waals surface area contributed by atoms with Gasteiger partial charge >= 0.3 is 0 Å². The van der Waals surface area contributed by atoms with Gasteiger partial charge in [0, 0.05) is 10.9 Å². The van der Waals surface area contributed by atoms with E-state index in [1.165, 1.54) is 0 Å². The van der Waals surface area contributed by atoms with Crippen LogP contribution in [-0.4, -0.2) is 5.78 Å². The van der Waals surface area contributed by atoms with E-state index < -0.39 is 0 Å². The summed E-state index contributed by atoms with van der Waals surface area (Å²) in [6.07, 6.45) is 0.472. The van der Waals surface area contributed by atoms with Gasteiger partial charge in [0.2, 0.25) is 0 Å². The van der Waals surface area contributed by atoms with Crippen molar-refractivity contribution in [3.63, 3.8) is 0 Å². The van der Waals surface area contributed by atoms with E-state index in [0.717, 1.165) is 15.8 Å². The van der Waals surface area contributed by atoms with Crippen molar-refractivity contribution in [2.45, 2.75) is 20.3 Å². The van der Waals surface area contributed by atoms with Gasteiger partial charge in [-0.05, 0) is 42.8 Å². The predicted molar refractivity (Wildman–Crippen MR) is 80.0 cm³/mol. The van der Waals surface area contributed by atoms with Crippen molar-refractivity contribution in [3.8, 4) is 11.5 Å². The molecule has 2 rings (SSSR count). The van der Waals surface area contributed by atoms with Crippen LogP contribution in [0.3, 0.4) is 0 Å². The second kappa shape index (κ2) is 6.02. The molecule has 0 heterocycles. The lowest BCUT2D eigenvalue weighted by Gasteiger charge is -2.12. The Labute approximate surface area is 121 Å². The third-order valence-electron chi connectivity index (χ3n) is 2.87. The van der Waals surface area contributed by atoms with E-state index in [1.807, 2.05) is 50.2 Å². The summed E-state index contributed by atoms with van der Waals surface area (Å²) in [6, 6.07) is 13.2. The highest BCUT2D eigenvalue weighted by Gasteiger charge is 2.11. The molecule has 0 radical (unpaired) electrons. The molecule has 0 aliphatic rings. The summed E-state index contributed by atoms with van der Waals surface area (Å²) >= 11 is 3.42. The number of hydrogen-bond acceptors (Lipinski definition) is 2. The smallest absolute Gasteiger partial charge is 0.166 e. The molecule has 0 unspecified atom stereocenters. The second-order valence-corrected chi connectivity index (χ2v) is 5.20. The van der Waals surface area contributed by atoms with Gasteiger partial charge in [-0.1, -0.05) is 35.0 Å². The lowest BCUT2D eigenvalue weighted by atomic mass is 10.1. The van der Waals surface area contributed by atoms with Crippen LogP contribution in [0.1, 0.15) is 29.3 Å². The Morgan fingerprint density at radius 1 is 1.16 bits per heavy atom. The monoisotopic (exact) mass is 318 g/mol. The summed E-state index contributed by atoms with van der Waals surface area (Å²) < 4.78 is 6.89. The maximum absolute atomic E-state index is 11.9. The van der Waals surface area contributed by atoms with Gasteiger partial charge in [-0.25, -0.2) is 0 Å². The number of halogens is 1. The van der Waals surface area contributed by atoms with Gasteiger partial charge < -0.3 is 4.74 Å². The zero-order valence-corrected chi connectivity index (χ0v) is 12.5. The van der Waals surface area contributed by atoms with Crippen LogP contribution in [0.5, 0.6) is 11.5 Å². The molecule has 0 aliphatic heterocycles. The Morgan fingerprint density at radius 2 is 1.89 bits per heavy atom. The molecule has 2 nitrogen and oxygen atoms in total. The van der Waals surface area contributed by atoms with Crippen LogP contribution in [-0.2, 0) is 0 Å². The molecule has 2 aromatic carbocycles. The number of para-hydroxylation sites is 1. The lowest BCUT2D eigenvalue weighted by molar-refractivity contribution is 0.0986. The molecule has 0 aliphatic carbocycles. The quantitative estimate of drug-likeness (QED) is 0.729. The van der Waals surface area contributed by atoms with Gasteiger partial charge in [0.25, 0.3) is 0 Å². The van der Waals surface area contributed by atoms with Crippen LogP contribution in [0, 0.1) is 6.92 Å². The SMILES string of the molecule is CCC(=O)c1ccccc1Oc1ccc(Br)cc1C. The Bertz CT molecular complexity index is 605. The highest BCUT2D eigenvalue weighted by Crippen LogP contribution is 2.30. The van der Waals surface area contributed by atoms with Gasteiger partial charge in [-0.2, -0.15) is 0 Å². The third kappa shape index (κ3) is 3.24. The number of benzene rings is 2. The molecule has 19 heavy (non-hydrogen) atoms. The Kier molecular flexibility index (Phi) is 4.38. The molecule has 2 aromatic rings. The fourth-order valence-electron chi connectivity index (χ4n) is 1.82. The van der Waals surface area contributed by atoms with Crippen molar-refractivity contribution < 1.29 is 9.53 Å². The molecule has 0 bridgehead atoms. The maximum Gasteiger partial charge on any atom is 0.166 e. The number of aryl methyl sites for hydroxylation is 1.